The zero-order valence-corrected chi connectivity index (χ0v) is 18.2. The summed E-state index contributed by atoms with van der Waals surface area (Å²) in [7, 11) is 1.83. The molecule has 0 aliphatic heterocycles. The minimum Gasteiger partial charge on any atom is -0.507 e. The molecule has 1 aliphatic rings. The first-order chi connectivity index (χ1) is 15.0. The van der Waals surface area contributed by atoms with Crippen LogP contribution in [0.2, 0.25) is 0 Å². The lowest BCUT2D eigenvalue weighted by atomic mass is 9.82. The second-order valence-electron chi connectivity index (χ2n) is 7.74. The lowest BCUT2D eigenvalue weighted by Crippen LogP contribution is -2.45. The molecule has 1 N–H and O–H groups in total. The Morgan fingerprint density at radius 3 is 2.74 bits per heavy atom. The third kappa shape index (κ3) is 4.21. The van der Waals surface area contributed by atoms with Crippen molar-refractivity contribution in [2.75, 3.05) is 11.9 Å². The molecular formula is C22H23FN6OS. The molecule has 1 aromatic carbocycles. The van der Waals surface area contributed by atoms with Gasteiger partial charge >= 0.3 is 0 Å². The fourth-order valence-electron chi connectivity index (χ4n) is 4.12. The molecule has 2 heterocycles. The van der Waals surface area contributed by atoms with Gasteiger partial charge in [0.15, 0.2) is 16.6 Å². The van der Waals surface area contributed by atoms with Gasteiger partial charge in [0.05, 0.1) is 22.7 Å². The van der Waals surface area contributed by atoms with Gasteiger partial charge in [-0.25, -0.2) is 14.4 Å². The summed E-state index contributed by atoms with van der Waals surface area (Å²) < 4.78 is 14.9. The van der Waals surface area contributed by atoms with Crippen molar-refractivity contribution in [3.05, 3.63) is 35.6 Å². The van der Waals surface area contributed by atoms with Gasteiger partial charge in [-0.2, -0.15) is 5.26 Å². The van der Waals surface area contributed by atoms with E-state index < -0.39 is 6.17 Å². The minimum atomic E-state index is -0.893. The molecule has 160 valence electrons. The van der Waals surface area contributed by atoms with Gasteiger partial charge in [-0.15, -0.1) is 21.5 Å². The number of alkyl halides is 1. The molecule has 2 aromatic heterocycles. The van der Waals surface area contributed by atoms with Crippen molar-refractivity contribution in [3.63, 3.8) is 0 Å². The smallest absolute Gasteiger partial charge is 0.194 e. The largest absolute Gasteiger partial charge is 0.507 e. The normalized spacial score (nSPS) is 20.9. The number of thiazole rings is 1. The quantitative estimate of drug-likeness (QED) is 0.622. The molecule has 1 saturated carbocycles. The Kier molecular flexibility index (Phi) is 6.09. The van der Waals surface area contributed by atoms with Crippen molar-refractivity contribution in [1.82, 2.24) is 20.2 Å². The summed E-state index contributed by atoms with van der Waals surface area (Å²) >= 11 is 1.25. The number of aromatic nitrogens is 4. The average molecular weight is 439 g/mol. The monoisotopic (exact) mass is 438 g/mol. The van der Waals surface area contributed by atoms with Crippen LogP contribution in [-0.2, 0) is 0 Å². The van der Waals surface area contributed by atoms with Gasteiger partial charge in [-0.1, -0.05) is 25.8 Å². The first kappa shape index (κ1) is 21.1. The lowest BCUT2D eigenvalue weighted by molar-refractivity contribution is 0.134. The van der Waals surface area contributed by atoms with Crippen LogP contribution in [0.15, 0.2) is 30.6 Å². The van der Waals surface area contributed by atoms with Crippen LogP contribution >= 0.6 is 11.3 Å². The number of hydrogen-bond acceptors (Lipinski definition) is 8. The van der Waals surface area contributed by atoms with Crippen molar-refractivity contribution < 1.29 is 9.50 Å². The lowest BCUT2D eigenvalue weighted by Gasteiger charge is -2.38. The van der Waals surface area contributed by atoms with E-state index >= 15 is 0 Å². The zero-order valence-electron chi connectivity index (χ0n) is 17.4. The average Bonchev–Trinajstić information content (AvgIpc) is 3.28. The molecule has 7 nitrogen and oxygen atoms in total. The molecule has 1 aliphatic carbocycles. The highest BCUT2D eigenvalue weighted by molar-refractivity contribution is 7.15. The third-order valence-electron chi connectivity index (χ3n) is 5.95. The van der Waals surface area contributed by atoms with Gasteiger partial charge in [0.25, 0.3) is 0 Å². The van der Waals surface area contributed by atoms with Crippen molar-refractivity contribution in [1.29, 1.82) is 5.26 Å². The minimum absolute atomic E-state index is 0.00852. The van der Waals surface area contributed by atoms with E-state index in [9.17, 15) is 9.50 Å². The SMILES string of the molecule is CC[C@@H]1CCC[C@H](N(C)c2cnc(-c3ccc(-c4cnc(C#N)s4)cc3O)nn2)[C@@H]1F. The van der Waals surface area contributed by atoms with Crippen LogP contribution in [0.5, 0.6) is 5.75 Å². The molecular weight excluding hydrogens is 415 g/mol. The van der Waals surface area contributed by atoms with Crippen molar-refractivity contribution in [2.45, 2.75) is 44.8 Å². The molecule has 0 unspecified atom stereocenters. The van der Waals surface area contributed by atoms with Crippen LogP contribution in [0.3, 0.4) is 0 Å². The van der Waals surface area contributed by atoms with Crippen molar-refractivity contribution in [3.8, 4) is 33.6 Å². The topological polar surface area (TPSA) is 98.8 Å². The molecule has 0 amide bonds. The van der Waals surface area contributed by atoms with Crippen LogP contribution < -0.4 is 4.90 Å². The van der Waals surface area contributed by atoms with E-state index in [1.165, 1.54) is 11.3 Å². The second kappa shape index (κ2) is 8.94. The molecule has 3 aromatic rings. The summed E-state index contributed by atoms with van der Waals surface area (Å²) in [5.74, 6) is 0.891. The summed E-state index contributed by atoms with van der Waals surface area (Å²) in [4.78, 5) is 11.0. The van der Waals surface area contributed by atoms with Gasteiger partial charge in [-0.05, 0) is 36.5 Å². The summed E-state index contributed by atoms with van der Waals surface area (Å²) in [6, 6.07) is 6.89. The van der Waals surface area contributed by atoms with Crippen LogP contribution in [0.25, 0.3) is 21.8 Å². The van der Waals surface area contributed by atoms with E-state index in [2.05, 4.69) is 20.2 Å². The Morgan fingerprint density at radius 2 is 2.10 bits per heavy atom. The third-order valence-corrected chi connectivity index (χ3v) is 6.90. The van der Waals surface area contributed by atoms with E-state index in [0.717, 1.165) is 36.1 Å². The molecule has 9 heteroatoms. The summed E-state index contributed by atoms with van der Waals surface area (Å²) in [5, 5.41) is 28.2. The molecule has 0 spiro atoms. The van der Waals surface area contributed by atoms with Gasteiger partial charge in [0, 0.05) is 13.2 Å². The second-order valence-corrected chi connectivity index (χ2v) is 8.77. The van der Waals surface area contributed by atoms with Crippen molar-refractivity contribution in [2.24, 2.45) is 5.92 Å². The summed E-state index contributed by atoms with van der Waals surface area (Å²) in [6.07, 6.45) is 5.83. The van der Waals surface area contributed by atoms with Gasteiger partial charge < -0.3 is 10.0 Å². The van der Waals surface area contributed by atoms with Crippen LogP contribution in [0.4, 0.5) is 10.2 Å². The molecule has 3 atom stereocenters. The number of nitrogens with zero attached hydrogens (tertiary/aromatic N) is 6. The highest BCUT2D eigenvalue weighted by Gasteiger charge is 2.35. The van der Waals surface area contributed by atoms with E-state index in [-0.39, 0.29) is 23.5 Å². The number of anilines is 1. The highest BCUT2D eigenvalue weighted by Crippen LogP contribution is 2.35. The highest BCUT2D eigenvalue weighted by atomic mass is 32.1. The summed E-state index contributed by atoms with van der Waals surface area (Å²) in [5.41, 5.74) is 1.20. The molecule has 1 fully saturated rings. The molecule has 0 saturated heterocycles. The fraction of sp³-hybridized carbons (Fsp3) is 0.409. The number of halogens is 1. The number of hydrogen-bond donors (Lipinski definition) is 1. The maximum Gasteiger partial charge on any atom is 0.194 e. The van der Waals surface area contributed by atoms with E-state index in [4.69, 9.17) is 5.26 Å². The Labute approximate surface area is 184 Å². The first-order valence-corrected chi connectivity index (χ1v) is 11.1. The Hall–Kier alpha value is -3.12. The summed E-state index contributed by atoms with van der Waals surface area (Å²) in [6.45, 7) is 2.03. The maximum absolute atomic E-state index is 14.9. The van der Waals surface area contributed by atoms with E-state index in [1.807, 2.05) is 31.0 Å². The fourth-order valence-corrected chi connectivity index (χ4v) is 4.83. The van der Waals surface area contributed by atoms with Crippen LogP contribution in [-0.4, -0.2) is 44.5 Å². The number of phenols is 1. The molecule has 0 radical (unpaired) electrons. The molecule has 0 bridgehead atoms. The van der Waals surface area contributed by atoms with Crippen molar-refractivity contribution >= 4 is 17.2 Å². The predicted molar refractivity (Wildman–Crippen MR) is 117 cm³/mol. The zero-order chi connectivity index (χ0) is 22.0. The molecule has 4 rings (SSSR count). The van der Waals surface area contributed by atoms with Gasteiger partial charge in [-0.3, -0.25) is 0 Å². The first-order valence-electron chi connectivity index (χ1n) is 10.3. The number of phenolic OH excluding ortho intramolecular Hbond substituents is 1. The number of aromatic hydroxyl groups is 1. The number of benzene rings is 1. The predicted octanol–water partition coefficient (Wildman–Crippen LogP) is 4.59. The van der Waals surface area contributed by atoms with Crippen LogP contribution in [0, 0.1) is 17.2 Å². The van der Waals surface area contributed by atoms with Gasteiger partial charge in [0.2, 0.25) is 0 Å². The van der Waals surface area contributed by atoms with Crippen LogP contribution in [0.1, 0.15) is 37.6 Å². The van der Waals surface area contributed by atoms with E-state index in [1.54, 1.807) is 24.5 Å². The maximum atomic E-state index is 14.9. The standard InChI is InChI=1S/C22H23FN6OS/c1-3-13-5-4-6-16(21(13)23)29(2)19-12-26-22(28-27-19)15-8-7-14(9-17(15)30)18-11-25-20(10-24)31-18/h7-9,11-13,16,21,30H,3-6H2,1-2H3/t13-,16+,21-/m1/s1. The Morgan fingerprint density at radius 1 is 1.26 bits per heavy atom. The number of rotatable bonds is 5. The van der Waals surface area contributed by atoms with Gasteiger partial charge in [0.1, 0.15) is 18.0 Å². The van der Waals surface area contributed by atoms with E-state index in [0.29, 0.717) is 16.4 Å². The Balaban J connectivity index is 1.53. The molecule has 31 heavy (non-hydrogen) atoms. The number of nitriles is 1. The Bertz CT molecular complexity index is 1100.